The van der Waals surface area contributed by atoms with Crippen LogP contribution in [-0.4, -0.2) is 53.2 Å². The molecule has 1 aromatic carbocycles. The van der Waals surface area contributed by atoms with E-state index in [1.54, 1.807) is 0 Å². The lowest BCUT2D eigenvalue weighted by atomic mass is 9.83. The fourth-order valence-corrected chi connectivity index (χ4v) is 4.61. The monoisotopic (exact) mass is 353 g/mol. The molecule has 0 radical (unpaired) electrons. The number of aliphatic hydroxyl groups is 1. The molecule has 0 bridgehead atoms. The Bertz CT molecular complexity index is 773. The first-order valence-electron chi connectivity index (χ1n) is 9.77. The molecule has 2 aliphatic rings. The summed E-state index contributed by atoms with van der Waals surface area (Å²) >= 11 is 0. The lowest BCUT2D eigenvalue weighted by molar-refractivity contribution is -0.139. The molecule has 1 amide bonds. The Kier molecular flexibility index (Phi) is 5.07. The number of hydrogen-bond donors (Lipinski definition) is 1. The van der Waals surface area contributed by atoms with Gasteiger partial charge in [-0.2, -0.15) is 0 Å². The molecule has 0 aliphatic carbocycles. The van der Waals surface area contributed by atoms with Crippen molar-refractivity contribution in [1.29, 1.82) is 0 Å². The van der Waals surface area contributed by atoms with E-state index in [1.165, 1.54) is 11.1 Å². The summed E-state index contributed by atoms with van der Waals surface area (Å²) in [4.78, 5) is 21.5. The van der Waals surface area contributed by atoms with Crippen LogP contribution in [0.1, 0.15) is 32.1 Å². The van der Waals surface area contributed by atoms with Gasteiger partial charge in [0.2, 0.25) is 5.91 Å². The minimum Gasteiger partial charge on any atom is -0.396 e. The van der Waals surface area contributed by atoms with Gasteiger partial charge in [0.05, 0.1) is 5.52 Å². The summed E-state index contributed by atoms with van der Waals surface area (Å²) in [6, 6.07) is 10.8. The number of hydrogen-bond acceptors (Lipinski definition) is 4. The van der Waals surface area contributed by atoms with E-state index in [2.05, 4.69) is 39.0 Å². The number of fused-ring (bicyclic) bond motifs is 2. The molecule has 2 aromatic rings. The molecule has 4 rings (SSSR count). The van der Waals surface area contributed by atoms with Crippen LogP contribution >= 0.6 is 0 Å². The topological polar surface area (TPSA) is 56.7 Å². The molecule has 2 saturated heterocycles. The number of likely N-dealkylation sites (tertiary alicyclic amines) is 1. The van der Waals surface area contributed by atoms with Crippen molar-refractivity contribution in [3.05, 3.63) is 36.5 Å². The molecular weight excluding hydrogens is 326 g/mol. The lowest BCUT2D eigenvalue weighted by Gasteiger charge is -2.48. The number of benzene rings is 1. The highest BCUT2D eigenvalue weighted by Crippen LogP contribution is 2.35. The van der Waals surface area contributed by atoms with Gasteiger partial charge < -0.3 is 14.9 Å². The summed E-state index contributed by atoms with van der Waals surface area (Å²) in [7, 11) is 0. The van der Waals surface area contributed by atoms with Gasteiger partial charge in [0.1, 0.15) is 0 Å². The van der Waals surface area contributed by atoms with Crippen LogP contribution in [-0.2, 0) is 4.79 Å². The second-order valence-corrected chi connectivity index (χ2v) is 7.47. The van der Waals surface area contributed by atoms with Crippen LogP contribution in [0, 0.1) is 5.92 Å². The highest BCUT2D eigenvalue weighted by Gasteiger charge is 2.39. The van der Waals surface area contributed by atoms with Gasteiger partial charge in [-0.15, -0.1) is 0 Å². The van der Waals surface area contributed by atoms with Crippen LogP contribution in [0.25, 0.3) is 10.9 Å². The Morgan fingerprint density at radius 2 is 2.04 bits per heavy atom. The third-order valence-corrected chi connectivity index (χ3v) is 5.92. The van der Waals surface area contributed by atoms with E-state index < -0.39 is 0 Å². The quantitative estimate of drug-likeness (QED) is 0.840. The SMILES string of the molecule is O=C1CC[C@@H]2CN(c3ccnc4ccccc34)CC[C@@H]2N1CCCCO. The Labute approximate surface area is 154 Å². The Balaban J connectivity index is 1.52. The number of carbonyl (C=O) groups is 1. The summed E-state index contributed by atoms with van der Waals surface area (Å²) in [5.41, 5.74) is 2.30. The molecule has 5 heteroatoms. The number of anilines is 1. The van der Waals surface area contributed by atoms with Crippen molar-refractivity contribution >= 4 is 22.5 Å². The molecule has 0 unspecified atom stereocenters. The van der Waals surface area contributed by atoms with Crippen molar-refractivity contribution in [2.45, 2.75) is 38.1 Å². The molecule has 2 atom stereocenters. The predicted molar refractivity (Wildman–Crippen MR) is 103 cm³/mol. The van der Waals surface area contributed by atoms with Crippen LogP contribution in [0.3, 0.4) is 0 Å². The molecule has 0 spiro atoms. The number of rotatable bonds is 5. The van der Waals surface area contributed by atoms with Gasteiger partial charge in [0, 0.05) is 56.0 Å². The van der Waals surface area contributed by atoms with Crippen LogP contribution < -0.4 is 4.90 Å². The van der Waals surface area contributed by atoms with Gasteiger partial charge in [-0.25, -0.2) is 0 Å². The van der Waals surface area contributed by atoms with Gasteiger partial charge in [-0.3, -0.25) is 9.78 Å². The number of aliphatic hydroxyl groups excluding tert-OH is 1. The first kappa shape index (κ1) is 17.3. The van der Waals surface area contributed by atoms with Gasteiger partial charge >= 0.3 is 0 Å². The third-order valence-electron chi connectivity index (χ3n) is 5.92. The van der Waals surface area contributed by atoms with Crippen molar-refractivity contribution in [2.24, 2.45) is 5.92 Å². The number of piperidine rings is 2. The Morgan fingerprint density at radius 3 is 2.92 bits per heavy atom. The minimum atomic E-state index is 0.207. The molecule has 26 heavy (non-hydrogen) atoms. The zero-order valence-electron chi connectivity index (χ0n) is 15.2. The van der Waals surface area contributed by atoms with E-state index in [0.29, 0.717) is 24.3 Å². The van der Waals surface area contributed by atoms with E-state index in [-0.39, 0.29) is 6.61 Å². The first-order valence-corrected chi connectivity index (χ1v) is 9.77. The van der Waals surface area contributed by atoms with Crippen molar-refractivity contribution in [3.8, 4) is 0 Å². The largest absolute Gasteiger partial charge is 0.396 e. The van der Waals surface area contributed by atoms with Crippen molar-refractivity contribution < 1.29 is 9.90 Å². The summed E-state index contributed by atoms with van der Waals surface area (Å²) in [6.45, 7) is 2.97. The summed E-state index contributed by atoms with van der Waals surface area (Å²) in [6.07, 6.45) is 6.23. The second-order valence-electron chi connectivity index (χ2n) is 7.47. The Morgan fingerprint density at radius 1 is 1.15 bits per heavy atom. The average molecular weight is 353 g/mol. The van der Waals surface area contributed by atoms with Crippen molar-refractivity contribution in [3.63, 3.8) is 0 Å². The average Bonchev–Trinajstić information content (AvgIpc) is 2.69. The number of carbonyl (C=O) groups excluding carboxylic acids is 1. The maximum Gasteiger partial charge on any atom is 0.222 e. The molecule has 3 heterocycles. The van der Waals surface area contributed by atoms with Crippen LogP contribution in [0.2, 0.25) is 0 Å². The normalized spacial score (nSPS) is 23.3. The van der Waals surface area contributed by atoms with E-state index in [1.807, 2.05) is 12.3 Å². The van der Waals surface area contributed by atoms with Gasteiger partial charge in [-0.05, 0) is 43.7 Å². The van der Waals surface area contributed by atoms with Crippen LogP contribution in [0.15, 0.2) is 36.5 Å². The predicted octanol–water partition coefficient (Wildman–Crippen LogP) is 2.82. The smallest absolute Gasteiger partial charge is 0.222 e. The fraction of sp³-hybridized carbons (Fsp3) is 0.524. The van der Waals surface area contributed by atoms with Crippen LogP contribution in [0.4, 0.5) is 5.69 Å². The molecule has 1 aromatic heterocycles. The standard InChI is InChI=1S/C21H27N3O2/c25-14-4-3-12-24-19-10-13-23(15-16(19)7-8-21(24)26)20-9-11-22-18-6-2-1-5-17(18)20/h1-2,5-6,9,11,16,19,25H,3-4,7-8,10,12-15H2/t16-,19+/m1/s1. The van der Waals surface area contributed by atoms with E-state index in [4.69, 9.17) is 5.11 Å². The number of amides is 1. The number of unbranched alkanes of at least 4 members (excludes halogenated alkanes) is 1. The molecule has 1 N–H and O–H groups in total. The second kappa shape index (κ2) is 7.62. The molecule has 138 valence electrons. The third kappa shape index (κ3) is 3.28. The van der Waals surface area contributed by atoms with E-state index >= 15 is 0 Å². The fourth-order valence-electron chi connectivity index (χ4n) is 4.61. The van der Waals surface area contributed by atoms with E-state index in [0.717, 1.165) is 50.8 Å². The zero-order valence-corrected chi connectivity index (χ0v) is 15.2. The molecular formula is C21H27N3O2. The number of para-hydroxylation sites is 1. The summed E-state index contributed by atoms with van der Waals surface area (Å²) in [5, 5.41) is 10.2. The van der Waals surface area contributed by atoms with Crippen LogP contribution in [0.5, 0.6) is 0 Å². The minimum absolute atomic E-state index is 0.207. The zero-order chi connectivity index (χ0) is 17.9. The number of aromatic nitrogens is 1. The maximum atomic E-state index is 12.4. The molecule has 5 nitrogen and oxygen atoms in total. The van der Waals surface area contributed by atoms with E-state index in [9.17, 15) is 4.79 Å². The maximum absolute atomic E-state index is 12.4. The summed E-state index contributed by atoms with van der Waals surface area (Å²) < 4.78 is 0. The first-order chi connectivity index (χ1) is 12.8. The molecule has 2 fully saturated rings. The highest BCUT2D eigenvalue weighted by atomic mass is 16.3. The van der Waals surface area contributed by atoms with Gasteiger partial charge in [0.15, 0.2) is 0 Å². The molecule has 0 saturated carbocycles. The molecule has 2 aliphatic heterocycles. The number of pyridine rings is 1. The van der Waals surface area contributed by atoms with Crippen molar-refractivity contribution in [1.82, 2.24) is 9.88 Å². The van der Waals surface area contributed by atoms with Gasteiger partial charge in [0.25, 0.3) is 0 Å². The summed E-state index contributed by atoms with van der Waals surface area (Å²) in [5.74, 6) is 0.828. The van der Waals surface area contributed by atoms with Crippen molar-refractivity contribution in [2.75, 3.05) is 31.1 Å². The lowest BCUT2D eigenvalue weighted by Crippen LogP contribution is -2.56. The number of nitrogens with zero attached hydrogens (tertiary/aromatic N) is 3. The van der Waals surface area contributed by atoms with Gasteiger partial charge in [-0.1, -0.05) is 18.2 Å². The highest BCUT2D eigenvalue weighted by molar-refractivity contribution is 5.91. The Hall–Kier alpha value is -2.14.